The number of ether oxygens (including phenoxy) is 1. The van der Waals surface area contributed by atoms with Crippen molar-refractivity contribution >= 4 is 33.2 Å². The van der Waals surface area contributed by atoms with Crippen LogP contribution in [0.1, 0.15) is 26.2 Å². The minimum absolute atomic E-state index is 0.00866. The summed E-state index contributed by atoms with van der Waals surface area (Å²) in [6.07, 6.45) is 2.12. The molecule has 0 aromatic heterocycles. The Balaban J connectivity index is 2.21. The molecule has 1 saturated heterocycles. The SMILES string of the molecule is CCCCC(=O)Nc1ccc(Cl)c(S(=O)(=O)N2CCOCC2)c1. The van der Waals surface area contributed by atoms with Crippen LogP contribution in [0.4, 0.5) is 5.69 Å². The molecule has 2 rings (SSSR count). The van der Waals surface area contributed by atoms with Gasteiger partial charge in [0.05, 0.1) is 18.2 Å². The number of sulfonamides is 1. The van der Waals surface area contributed by atoms with Crippen LogP contribution in [0.15, 0.2) is 23.1 Å². The zero-order valence-electron chi connectivity index (χ0n) is 13.0. The number of benzene rings is 1. The Morgan fingerprint density at radius 1 is 1.35 bits per heavy atom. The van der Waals surface area contributed by atoms with Gasteiger partial charge in [-0.2, -0.15) is 4.31 Å². The first-order valence-corrected chi connectivity index (χ1v) is 9.44. The summed E-state index contributed by atoms with van der Waals surface area (Å²) in [4.78, 5) is 11.8. The number of anilines is 1. The lowest BCUT2D eigenvalue weighted by Gasteiger charge is -2.26. The second kappa shape index (κ2) is 8.10. The highest BCUT2D eigenvalue weighted by molar-refractivity contribution is 7.89. The number of nitrogens with zero attached hydrogens (tertiary/aromatic N) is 1. The normalized spacial score (nSPS) is 16.3. The molecule has 0 saturated carbocycles. The summed E-state index contributed by atoms with van der Waals surface area (Å²) < 4.78 is 31.9. The van der Waals surface area contributed by atoms with Gasteiger partial charge in [-0.3, -0.25) is 4.79 Å². The predicted molar refractivity (Wildman–Crippen MR) is 89.2 cm³/mol. The van der Waals surface area contributed by atoms with Crippen molar-refractivity contribution in [2.45, 2.75) is 31.1 Å². The number of hydrogen-bond donors (Lipinski definition) is 1. The minimum Gasteiger partial charge on any atom is -0.379 e. The maximum Gasteiger partial charge on any atom is 0.244 e. The highest BCUT2D eigenvalue weighted by Gasteiger charge is 2.28. The summed E-state index contributed by atoms with van der Waals surface area (Å²) in [6, 6.07) is 4.51. The molecular weight excluding hydrogens is 340 g/mol. The number of hydrogen-bond acceptors (Lipinski definition) is 4. The second-order valence-electron chi connectivity index (χ2n) is 5.31. The maximum atomic E-state index is 12.7. The van der Waals surface area contributed by atoms with Gasteiger partial charge in [0, 0.05) is 25.2 Å². The van der Waals surface area contributed by atoms with Gasteiger partial charge in [0.25, 0.3) is 0 Å². The highest BCUT2D eigenvalue weighted by Crippen LogP contribution is 2.28. The van der Waals surface area contributed by atoms with Gasteiger partial charge in [-0.15, -0.1) is 0 Å². The van der Waals surface area contributed by atoms with E-state index in [9.17, 15) is 13.2 Å². The number of carbonyl (C=O) groups is 1. The van der Waals surface area contributed by atoms with E-state index in [0.29, 0.717) is 38.4 Å². The van der Waals surface area contributed by atoms with Crippen molar-refractivity contribution in [3.63, 3.8) is 0 Å². The van der Waals surface area contributed by atoms with Gasteiger partial charge in [-0.05, 0) is 24.6 Å². The average Bonchev–Trinajstić information content (AvgIpc) is 2.55. The first-order valence-electron chi connectivity index (χ1n) is 7.62. The van der Waals surface area contributed by atoms with Crippen LogP contribution >= 0.6 is 11.6 Å². The molecular formula is C15H21ClN2O4S. The lowest BCUT2D eigenvalue weighted by Crippen LogP contribution is -2.40. The van der Waals surface area contributed by atoms with Crippen molar-refractivity contribution in [2.75, 3.05) is 31.6 Å². The molecule has 1 aromatic carbocycles. The molecule has 1 aliphatic heterocycles. The fraction of sp³-hybridized carbons (Fsp3) is 0.533. The molecule has 1 fully saturated rings. The average molecular weight is 361 g/mol. The Kier molecular flexibility index (Phi) is 6.41. The number of halogens is 1. The Hall–Kier alpha value is -1.15. The molecule has 6 nitrogen and oxygen atoms in total. The summed E-state index contributed by atoms with van der Waals surface area (Å²) in [5, 5.41) is 2.86. The van der Waals surface area contributed by atoms with E-state index in [2.05, 4.69) is 5.32 Å². The van der Waals surface area contributed by atoms with E-state index in [-0.39, 0.29) is 15.8 Å². The molecule has 1 heterocycles. The predicted octanol–water partition coefficient (Wildman–Crippen LogP) is 2.49. The smallest absolute Gasteiger partial charge is 0.244 e. The maximum absolute atomic E-state index is 12.7. The van der Waals surface area contributed by atoms with Crippen LogP contribution in [0.3, 0.4) is 0 Å². The van der Waals surface area contributed by atoms with Gasteiger partial charge in [0.1, 0.15) is 4.90 Å². The molecule has 1 amide bonds. The fourth-order valence-electron chi connectivity index (χ4n) is 2.27. The molecule has 1 aliphatic rings. The zero-order chi connectivity index (χ0) is 16.9. The van der Waals surface area contributed by atoms with Crippen molar-refractivity contribution in [2.24, 2.45) is 0 Å². The van der Waals surface area contributed by atoms with Crippen LogP contribution in [0, 0.1) is 0 Å². The van der Waals surface area contributed by atoms with Crippen LogP contribution in [0.25, 0.3) is 0 Å². The monoisotopic (exact) mass is 360 g/mol. The van der Waals surface area contributed by atoms with Crippen LogP contribution in [0.2, 0.25) is 5.02 Å². The van der Waals surface area contributed by atoms with E-state index >= 15 is 0 Å². The molecule has 8 heteroatoms. The molecule has 0 spiro atoms. The van der Waals surface area contributed by atoms with Crippen LogP contribution in [-0.4, -0.2) is 44.9 Å². The fourth-order valence-corrected chi connectivity index (χ4v) is 4.17. The quantitative estimate of drug-likeness (QED) is 0.845. The molecule has 128 valence electrons. The van der Waals surface area contributed by atoms with Gasteiger partial charge in [-0.25, -0.2) is 8.42 Å². The first-order chi connectivity index (χ1) is 10.9. The van der Waals surface area contributed by atoms with Crippen LogP contribution < -0.4 is 5.32 Å². The number of amides is 1. The summed E-state index contributed by atoms with van der Waals surface area (Å²) >= 11 is 6.07. The van der Waals surface area contributed by atoms with E-state index in [0.717, 1.165) is 12.8 Å². The molecule has 1 N–H and O–H groups in total. The lowest BCUT2D eigenvalue weighted by atomic mass is 10.2. The number of morpholine rings is 1. The van der Waals surface area contributed by atoms with E-state index in [4.69, 9.17) is 16.3 Å². The van der Waals surface area contributed by atoms with Crippen LogP contribution in [0.5, 0.6) is 0 Å². The topological polar surface area (TPSA) is 75.7 Å². The summed E-state index contributed by atoms with van der Waals surface area (Å²) in [6.45, 7) is 3.33. The third kappa shape index (κ3) is 4.67. The van der Waals surface area contributed by atoms with Crippen molar-refractivity contribution in [1.82, 2.24) is 4.31 Å². The molecule has 0 bridgehead atoms. The molecule has 0 aliphatic carbocycles. The number of nitrogens with one attached hydrogen (secondary N) is 1. The number of carbonyl (C=O) groups excluding carboxylic acids is 1. The van der Waals surface area contributed by atoms with E-state index in [1.807, 2.05) is 6.92 Å². The van der Waals surface area contributed by atoms with Gasteiger partial charge in [-0.1, -0.05) is 24.9 Å². The summed E-state index contributed by atoms with van der Waals surface area (Å²) in [5.41, 5.74) is 0.433. The van der Waals surface area contributed by atoms with Gasteiger partial charge < -0.3 is 10.1 Å². The Morgan fingerprint density at radius 3 is 2.70 bits per heavy atom. The number of rotatable bonds is 6. The van der Waals surface area contributed by atoms with Crippen molar-refractivity contribution in [3.8, 4) is 0 Å². The molecule has 0 radical (unpaired) electrons. The Labute approximate surface area is 141 Å². The third-order valence-corrected chi connectivity index (χ3v) is 5.94. The second-order valence-corrected chi connectivity index (χ2v) is 7.63. The highest BCUT2D eigenvalue weighted by atomic mass is 35.5. The molecule has 0 atom stereocenters. The Morgan fingerprint density at radius 2 is 2.04 bits per heavy atom. The first kappa shape index (κ1) is 18.2. The van der Waals surface area contributed by atoms with Crippen LogP contribution in [-0.2, 0) is 19.6 Å². The van der Waals surface area contributed by atoms with Gasteiger partial charge in [0.15, 0.2) is 0 Å². The van der Waals surface area contributed by atoms with E-state index < -0.39 is 10.0 Å². The van der Waals surface area contributed by atoms with Gasteiger partial charge >= 0.3 is 0 Å². The van der Waals surface area contributed by atoms with Crippen molar-refractivity contribution in [1.29, 1.82) is 0 Å². The lowest BCUT2D eigenvalue weighted by molar-refractivity contribution is -0.116. The van der Waals surface area contributed by atoms with E-state index in [1.54, 1.807) is 6.07 Å². The number of unbranched alkanes of at least 4 members (excludes halogenated alkanes) is 1. The molecule has 23 heavy (non-hydrogen) atoms. The van der Waals surface area contributed by atoms with Crippen molar-refractivity contribution in [3.05, 3.63) is 23.2 Å². The third-order valence-electron chi connectivity index (χ3n) is 3.56. The molecule has 1 aromatic rings. The Bertz CT molecular complexity index is 657. The zero-order valence-corrected chi connectivity index (χ0v) is 14.6. The van der Waals surface area contributed by atoms with Crippen molar-refractivity contribution < 1.29 is 17.9 Å². The molecule has 0 unspecified atom stereocenters. The minimum atomic E-state index is -3.70. The van der Waals surface area contributed by atoms with E-state index in [1.165, 1.54) is 16.4 Å². The summed E-state index contributed by atoms with van der Waals surface area (Å²) in [7, 11) is -3.70. The van der Waals surface area contributed by atoms with Gasteiger partial charge in [0.2, 0.25) is 15.9 Å². The standard InChI is InChI=1S/C15H21ClN2O4S/c1-2-3-4-15(19)17-12-5-6-13(16)14(11-12)23(20,21)18-7-9-22-10-8-18/h5-6,11H,2-4,7-10H2,1H3,(H,17,19). The summed E-state index contributed by atoms with van der Waals surface area (Å²) in [5.74, 6) is -0.135. The largest absolute Gasteiger partial charge is 0.379 e.